The summed E-state index contributed by atoms with van der Waals surface area (Å²) >= 11 is 0. The number of carbonyl (C=O) groups excluding carboxylic acids is 1. The molecule has 1 aromatic carbocycles. The van der Waals surface area contributed by atoms with Crippen LogP contribution >= 0.6 is 0 Å². The van der Waals surface area contributed by atoms with Gasteiger partial charge in [0, 0.05) is 42.5 Å². The van der Waals surface area contributed by atoms with Crippen molar-refractivity contribution in [1.29, 1.82) is 0 Å². The zero-order valence-electron chi connectivity index (χ0n) is 19.5. The molecule has 0 unspecified atom stereocenters. The normalized spacial score (nSPS) is 17.7. The number of aryl methyl sites for hydroxylation is 1. The third-order valence-corrected chi connectivity index (χ3v) is 7.21. The zero-order valence-corrected chi connectivity index (χ0v) is 19.5. The minimum absolute atomic E-state index is 0.217. The molecule has 0 spiro atoms. The second kappa shape index (κ2) is 9.91. The predicted octanol–water partition coefficient (Wildman–Crippen LogP) is 4.29. The second-order valence-electron chi connectivity index (χ2n) is 9.58. The van der Waals surface area contributed by atoms with Crippen molar-refractivity contribution in [2.75, 3.05) is 32.0 Å². The van der Waals surface area contributed by atoms with Gasteiger partial charge in [-0.25, -0.2) is 4.98 Å². The molecule has 1 aliphatic heterocycles. The molecule has 1 saturated heterocycles. The fourth-order valence-corrected chi connectivity index (χ4v) is 4.80. The Morgan fingerprint density at radius 3 is 2.61 bits per heavy atom. The van der Waals surface area contributed by atoms with Gasteiger partial charge in [0.25, 0.3) is 0 Å². The molecule has 7 heteroatoms. The van der Waals surface area contributed by atoms with E-state index in [2.05, 4.69) is 56.4 Å². The first-order valence-corrected chi connectivity index (χ1v) is 12.3. The van der Waals surface area contributed by atoms with Crippen molar-refractivity contribution in [3.8, 4) is 0 Å². The summed E-state index contributed by atoms with van der Waals surface area (Å²) in [5.74, 6) is 1.73. The van der Waals surface area contributed by atoms with Crippen LogP contribution in [0.5, 0.6) is 0 Å². The molecule has 5 rings (SSSR count). The highest BCUT2D eigenvalue weighted by atomic mass is 16.1. The average molecular weight is 447 g/mol. The van der Waals surface area contributed by atoms with Gasteiger partial charge in [0.1, 0.15) is 5.65 Å². The van der Waals surface area contributed by atoms with Crippen LogP contribution in [-0.2, 0) is 11.3 Å². The minimum Gasteiger partial charge on any atom is -0.356 e. The van der Waals surface area contributed by atoms with E-state index in [9.17, 15) is 4.79 Å². The van der Waals surface area contributed by atoms with E-state index in [1.165, 1.54) is 37.9 Å². The Kier molecular flexibility index (Phi) is 6.58. The lowest BCUT2D eigenvalue weighted by Gasteiger charge is -2.29. The highest BCUT2D eigenvalue weighted by Crippen LogP contribution is 2.29. The van der Waals surface area contributed by atoms with E-state index in [1.54, 1.807) is 0 Å². The summed E-state index contributed by atoms with van der Waals surface area (Å²) in [5.41, 5.74) is 3.34. The van der Waals surface area contributed by atoms with E-state index < -0.39 is 0 Å². The molecule has 0 radical (unpaired) electrons. The van der Waals surface area contributed by atoms with Gasteiger partial charge in [0.2, 0.25) is 11.9 Å². The molecule has 3 aromatic rings. The number of amides is 1. The number of anilines is 2. The molecule has 0 bridgehead atoms. The van der Waals surface area contributed by atoms with E-state index in [0.29, 0.717) is 18.4 Å². The first-order valence-electron chi connectivity index (χ1n) is 12.3. The third kappa shape index (κ3) is 5.19. The number of aromatic nitrogens is 3. The zero-order chi connectivity index (χ0) is 22.6. The van der Waals surface area contributed by atoms with Crippen LogP contribution in [0.25, 0.3) is 11.0 Å². The molecule has 1 saturated carbocycles. The van der Waals surface area contributed by atoms with Crippen LogP contribution in [0.1, 0.15) is 50.0 Å². The topological polar surface area (TPSA) is 75.1 Å². The molecule has 174 valence electrons. The number of hydrogen-bond donors (Lipinski definition) is 2. The Morgan fingerprint density at radius 2 is 1.88 bits per heavy atom. The van der Waals surface area contributed by atoms with Gasteiger partial charge in [-0.2, -0.15) is 4.98 Å². The quantitative estimate of drug-likeness (QED) is 0.505. The summed E-state index contributed by atoms with van der Waals surface area (Å²) in [6.45, 7) is 3.86. The number of likely N-dealkylation sites (tertiary alicyclic amines) is 1. The maximum Gasteiger partial charge on any atom is 0.229 e. The molecular formula is C26H34N6O. The molecule has 7 nitrogen and oxygen atoms in total. The Bertz CT molecular complexity index is 1080. The third-order valence-electron chi connectivity index (χ3n) is 7.21. The summed E-state index contributed by atoms with van der Waals surface area (Å²) in [7, 11) is 2.20. The van der Waals surface area contributed by atoms with Crippen molar-refractivity contribution < 1.29 is 4.79 Å². The monoisotopic (exact) mass is 446 g/mol. The minimum atomic E-state index is 0.217. The molecule has 2 fully saturated rings. The van der Waals surface area contributed by atoms with E-state index in [4.69, 9.17) is 4.98 Å². The highest BCUT2D eigenvalue weighted by molar-refractivity contribution is 5.79. The first-order chi connectivity index (χ1) is 16.2. The molecule has 0 atom stereocenters. The lowest BCUT2D eigenvalue weighted by molar-refractivity contribution is -0.127. The molecule has 3 heterocycles. The van der Waals surface area contributed by atoms with Gasteiger partial charge in [-0.3, -0.25) is 4.79 Å². The van der Waals surface area contributed by atoms with Crippen molar-refractivity contribution in [3.05, 3.63) is 48.3 Å². The van der Waals surface area contributed by atoms with E-state index in [0.717, 1.165) is 42.5 Å². The number of carbonyl (C=O) groups is 1. The molecule has 1 aliphatic carbocycles. The van der Waals surface area contributed by atoms with E-state index in [1.807, 2.05) is 18.5 Å². The maximum absolute atomic E-state index is 12.0. The van der Waals surface area contributed by atoms with Gasteiger partial charge in [0.15, 0.2) is 0 Å². The van der Waals surface area contributed by atoms with Crippen LogP contribution in [0, 0.1) is 5.92 Å². The molecule has 1 amide bonds. The average Bonchev–Trinajstić information content (AvgIpc) is 3.19. The van der Waals surface area contributed by atoms with Gasteiger partial charge in [-0.1, -0.05) is 18.6 Å². The molecule has 33 heavy (non-hydrogen) atoms. The van der Waals surface area contributed by atoms with E-state index >= 15 is 0 Å². The maximum atomic E-state index is 12.0. The van der Waals surface area contributed by atoms with Crippen LogP contribution in [0.3, 0.4) is 0 Å². The van der Waals surface area contributed by atoms with Gasteiger partial charge < -0.3 is 20.1 Å². The van der Waals surface area contributed by atoms with Crippen molar-refractivity contribution >= 4 is 28.6 Å². The Balaban J connectivity index is 1.18. The number of hydrogen-bond acceptors (Lipinski definition) is 5. The number of rotatable bonds is 8. The summed E-state index contributed by atoms with van der Waals surface area (Å²) in [5, 5.41) is 7.45. The number of nitrogens with zero attached hydrogens (tertiary/aromatic N) is 4. The smallest absolute Gasteiger partial charge is 0.229 e. The van der Waals surface area contributed by atoms with Crippen molar-refractivity contribution in [2.45, 2.75) is 51.0 Å². The number of benzene rings is 1. The lowest BCUT2D eigenvalue weighted by Crippen LogP contribution is -2.35. The predicted molar refractivity (Wildman–Crippen MR) is 132 cm³/mol. The van der Waals surface area contributed by atoms with Crippen molar-refractivity contribution in [1.82, 2.24) is 24.8 Å². The molecule has 2 aromatic heterocycles. The first kappa shape index (κ1) is 21.9. The molecular weight excluding hydrogens is 412 g/mol. The fourth-order valence-electron chi connectivity index (χ4n) is 4.80. The number of nitrogens with one attached hydrogen (secondary N) is 2. The fraction of sp³-hybridized carbons (Fsp3) is 0.500. The second-order valence-corrected chi connectivity index (χ2v) is 9.58. The van der Waals surface area contributed by atoms with Crippen LogP contribution in [0.4, 0.5) is 11.6 Å². The summed E-state index contributed by atoms with van der Waals surface area (Å²) in [4.78, 5) is 23.7. The highest BCUT2D eigenvalue weighted by Gasteiger charge is 2.24. The van der Waals surface area contributed by atoms with Crippen LogP contribution < -0.4 is 10.6 Å². The Morgan fingerprint density at radius 1 is 1.09 bits per heavy atom. The summed E-state index contributed by atoms with van der Waals surface area (Å²) < 4.78 is 2.14. The van der Waals surface area contributed by atoms with Crippen molar-refractivity contribution in [2.24, 2.45) is 5.92 Å². The van der Waals surface area contributed by atoms with Crippen molar-refractivity contribution in [3.63, 3.8) is 0 Å². The lowest BCUT2D eigenvalue weighted by atomic mass is 9.85. The Hall–Kier alpha value is -2.93. The van der Waals surface area contributed by atoms with Gasteiger partial charge in [-0.05, 0) is 81.9 Å². The van der Waals surface area contributed by atoms with E-state index in [-0.39, 0.29) is 11.8 Å². The molecule has 2 aliphatic rings. The molecule has 2 N–H and O–H groups in total. The number of fused-ring (bicyclic) bond motifs is 1. The number of piperidine rings is 1. The SMILES string of the molecule is CN1CCC(c2ccc(Nc3ncc4ccn(CCCNC(=O)C5CCC5)c4n3)cc2)CC1. The largest absolute Gasteiger partial charge is 0.356 e. The van der Waals surface area contributed by atoms with Crippen LogP contribution in [0.15, 0.2) is 42.7 Å². The standard InChI is InChI=1S/C26H34N6O/c1-31-15-10-20(11-16-31)19-6-8-23(9-7-19)29-26-28-18-22-12-17-32(24(22)30-26)14-3-13-27-25(33)21-4-2-5-21/h6-9,12,17-18,20-21H,2-5,10-11,13-16H2,1H3,(H,27,33)(H,28,29,30). The summed E-state index contributed by atoms with van der Waals surface area (Å²) in [6.07, 6.45) is 10.5. The summed E-state index contributed by atoms with van der Waals surface area (Å²) in [6, 6.07) is 10.8. The van der Waals surface area contributed by atoms with Crippen LogP contribution in [0.2, 0.25) is 0 Å². The van der Waals surface area contributed by atoms with Gasteiger partial charge >= 0.3 is 0 Å². The van der Waals surface area contributed by atoms with Gasteiger partial charge in [0.05, 0.1) is 0 Å². The van der Waals surface area contributed by atoms with Crippen LogP contribution in [-0.4, -0.2) is 52.0 Å². The Labute approximate surface area is 195 Å². The van der Waals surface area contributed by atoms with Gasteiger partial charge in [-0.15, -0.1) is 0 Å².